The molecule has 0 spiro atoms. The Morgan fingerprint density at radius 2 is 1.94 bits per heavy atom. The van der Waals surface area contributed by atoms with Crippen molar-refractivity contribution in [2.75, 3.05) is 0 Å². The van der Waals surface area contributed by atoms with Crippen LogP contribution in [0.15, 0.2) is 41.1 Å². The number of carboxylic acids is 1. The first kappa shape index (κ1) is 10.9. The molecular formula is C11H7NO5. The number of aromatic carboxylic acids is 1. The Hall–Kier alpha value is -2.63. The fraction of sp³-hybridized carbons (Fsp3) is 0. The number of esters is 1. The third-order valence-electron chi connectivity index (χ3n) is 1.94. The smallest absolute Gasteiger partial charge is 0.383 e. The molecule has 2 aromatic rings. The number of carboxylic acid groups (broad SMARTS) is 1. The van der Waals surface area contributed by atoms with Gasteiger partial charge in [-0.05, 0) is 12.1 Å². The first-order valence-electron chi connectivity index (χ1n) is 4.63. The Labute approximate surface area is 95.4 Å². The molecule has 2 rings (SSSR count). The highest BCUT2D eigenvalue weighted by atomic mass is 16.6. The van der Waals surface area contributed by atoms with Crippen molar-refractivity contribution >= 4 is 11.9 Å². The van der Waals surface area contributed by atoms with Crippen molar-refractivity contribution in [3.8, 4) is 5.75 Å². The van der Waals surface area contributed by atoms with Crippen molar-refractivity contribution in [2.24, 2.45) is 0 Å². The molecular weight excluding hydrogens is 226 g/mol. The Bertz CT molecular complexity index is 546. The van der Waals surface area contributed by atoms with E-state index in [1.165, 1.54) is 0 Å². The fourth-order valence-electron chi connectivity index (χ4n) is 1.18. The molecule has 0 saturated heterocycles. The molecule has 1 heterocycles. The lowest BCUT2D eigenvalue weighted by Crippen LogP contribution is -2.11. The second kappa shape index (κ2) is 4.48. The molecule has 1 aromatic heterocycles. The normalized spacial score (nSPS) is 9.88. The van der Waals surface area contributed by atoms with Gasteiger partial charge in [0.1, 0.15) is 11.3 Å². The third-order valence-corrected chi connectivity index (χ3v) is 1.94. The number of nitrogens with zero attached hydrogens (tertiary/aromatic N) is 1. The summed E-state index contributed by atoms with van der Waals surface area (Å²) in [7, 11) is 0. The minimum absolute atomic E-state index is 0.297. The van der Waals surface area contributed by atoms with Gasteiger partial charge in [0, 0.05) is 0 Å². The van der Waals surface area contributed by atoms with E-state index >= 15 is 0 Å². The number of carbonyl (C=O) groups is 2. The Balaban J connectivity index is 2.21. The zero-order valence-corrected chi connectivity index (χ0v) is 8.49. The number of benzene rings is 1. The highest BCUT2D eigenvalue weighted by Gasteiger charge is 2.23. The molecule has 1 aromatic carbocycles. The maximum absolute atomic E-state index is 11.6. The van der Waals surface area contributed by atoms with Gasteiger partial charge < -0.3 is 14.4 Å². The summed E-state index contributed by atoms with van der Waals surface area (Å²) < 4.78 is 9.47. The van der Waals surface area contributed by atoms with Gasteiger partial charge in [0.25, 0.3) is 5.76 Å². The molecule has 0 aliphatic heterocycles. The van der Waals surface area contributed by atoms with Crippen molar-refractivity contribution in [3.63, 3.8) is 0 Å². The number of aromatic nitrogens is 1. The number of carbonyl (C=O) groups excluding carboxylic acids is 1. The summed E-state index contributed by atoms with van der Waals surface area (Å²) in [6, 6.07) is 8.25. The molecule has 0 unspecified atom stereocenters. The molecule has 0 aliphatic carbocycles. The number of ether oxygens (including phenoxy) is 1. The molecule has 0 bridgehead atoms. The average Bonchev–Trinajstić information content (AvgIpc) is 2.79. The van der Waals surface area contributed by atoms with Gasteiger partial charge in [0.2, 0.25) is 0 Å². The van der Waals surface area contributed by atoms with Gasteiger partial charge in [0.15, 0.2) is 0 Å². The first-order chi connectivity index (χ1) is 8.18. The highest BCUT2D eigenvalue weighted by Crippen LogP contribution is 2.14. The van der Waals surface area contributed by atoms with Gasteiger partial charge in [-0.25, -0.2) is 9.59 Å². The van der Waals surface area contributed by atoms with Crippen molar-refractivity contribution in [1.29, 1.82) is 0 Å². The maximum Gasteiger partial charge on any atom is 0.383 e. The molecule has 0 saturated carbocycles. The average molecular weight is 233 g/mol. The van der Waals surface area contributed by atoms with Gasteiger partial charge in [-0.15, -0.1) is 0 Å². The standard InChI is InChI=1S/C11H7NO5/c13-10(14)8-6-12-17-9(8)11(15)16-7-4-2-1-3-5-7/h1-6H,(H,13,14). The van der Waals surface area contributed by atoms with Crippen LogP contribution in [0.2, 0.25) is 0 Å². The second-order valence-corrected chi connectivity index (χ2v) is 3.08. The summed E-state index contributed by atoms with van der Waals surface area (Å²) >= 11 is 0. The van der Waals surface area contributed by atoms with E-state index in [0.717, 1.165) is 6.20 Å². The van der Waals surface area contributed by atoms with Gasteiger partial charge in [-0.3, -0.25) is 0 Å². The predicted octanol–water partition coefficient (Wildman–Crippen LogP) is 1.59. The van der Waals surface area contributed by atoms with Crippen LogP contribution in [0.5, 0.6) is 5.75 Å². The minimum atomic E-state index is -1.30. The zero-order chi connectivity index (χ0) is 12.3. The number of para-hydroxylation sites is 1. The van der Waals surface area contributed by atoms with E-state index in [1.807, 2.05) is 0 Å². The molecule has 0 radical (unpaired) electrons. The fourth-order valence-corrected chi connectivity index (χ4v) is 1.18. The lowest BCUT2D eigenvalue weighted by atomic mass is 10.2. The van der Waals surface area contributed by atoms with Gasteiger partial charge >= 0.3 is 11.9 Å². The van der Waals surface area contributed by atoms with E-state index in [-0.39, 0.29) is 5.56 Å². The van der Waals surface area contributed by atoms with E-state index in [0.29, 0.717) is 5.75 Å². The Kier molecular flexibility index (Phi) is 2.87. The molecule has 0 atom stereocenters. The minimum Gasteiger partial charge on any atom is -0.477 e. The zero-order valence-electron chi connectivity index (χ0n) is 8.49. The number of hydrogen-bond acceptors (Lipinski definition) is 5. The summed E-state index contributed by atoms with van der Waals surface area (Å²) in [6.45, 7) is 0. The molecule has 0 aliphatic rings. The maximum atomic E-state index is 11.6. The van der Waals surface area contributed by atoms with Crippen LogP contribution in [0, 0.1) is 0 Å². The van der Waals surface area contributed by atoms with Gasteiger partial charge in [-0.2, -0.15) is 0 Å². The van der Waals surface area contributed by atoms with Crippen molar-refractivity contribution in [1.82, 2.24) is 5.16 Å². The quantitative estimate of drug-likeness (QED) is 0.639. The summed E-state index contributed by atoms with van der Waals surface area (Å²) in [5.41, 5.74) is -0.328. The molecule has 0 fully saturated rings. The lowest BCUT2D eigenvalue weighted by Gasteiger charge is -2.01. The van der Waals surface area contributed by atoms with Crippen LogP contribution in [-0.2, 0) is 0 Å². The SMILES string of the molecule is O=C(O)c1cnoc1C(=O)Oc1ccccc1. The monoisotopic (exact) mass is 233 g/mol. The predicted molar refractivity (Wildman–Crippen MR) is 54.9 cm³/mol. The highest BCUT2D eigenvalue weighted by molar-refractivity contribution is 6.00. The van der Waals surface area contributed by atoms with Gasteiger partial charge in [-0.1, -0.05) is 23.4 Å². The molecule has 1 N–H and O–H groups in total. The molecule has 6 heteroatoms. The topological polar surface area (TPSA) is 89.6 Å². The lowest BCUT2D eigenvalue weighted by molar-refractivity contribution is 0.0644. The molecule has 17 heavy (non-hydrogen) atoms. The number of hydrogen-bond donors (Lipinski definition) is 1. The van der Waals surface area contributed by atoms with Crippen molar-refractivity contribution in [2.45, 2.75) is 0 Å². The summed E-state index contributed by atoms with van der Waals surface area (Å²) in [4.78, 5) is 22.3. The number of rotatable bonds is 3. The molecule has 6 nitrogen and oxygen atoms in total. The summed E-state index contributed by atoms with van der Waals surface area (Å²) in [5, 5.41) is 12.0. The van der Waals surface area contributed by atoms with Crippen molar-refractivity contribution in [3.05, 3.63) is 47.9 Å². The largest absolute Gasteiger partial charge is 0.477 e. The van der Waals surface area contributed by atoms with Crippen LogP contribution in [0.3, 0.4) is 0 Å². The van der Waals surface area contributed by atoms with Gasteiger partial charge in [0.05, 0.1) is 6.20 Å². The van der Waals surface area contributed by atoms with Crippen LogP contribution < -0.4 is 4.74 Å². The van der Waals surface area contributed by atoms with Crippen LogP contribution in [0.1, 0.15) is 20.9 Å². The third kappa shape index (κ3) is 2.31. The van der Waals surface area contributed by atoms with E-state index in [2.05, 4.69) is 9.68 Å². The van der Waals surface area contributed by atoms with E-state index in [1.54, 1.807) is 30.3 Å². The van der Waals surface area contributed by atoms with E-state index < -0.39 is 17.7 Å². The van der Waals surface area contributed by atoms with Crippen molar-refractivity contribution < 1.29 is 24.0 Å². The van der Waals surface area contributed by atoms with Crippen LogP contribution in [0.4, 0.5) is 0 Å². The molecule has 86 valence electrons. The van der Waals surface area contributed by atoms with Crippen LogP contribution in [0.25, 0.3) is 0 Å². The summed E-state index contributed by atoms with van der Waals surface area (Å²) in [5.74, 6) is -2.33. The van der Waals surface area contributed by atoms with Crippen LogP contribution in [-0.4, -0.2) is 22.2 Å². The van der Waals surface area contributed by atoms with Crippen LogP contribution >= 0.6 is 0 Å². The summed E-state index contributed by atoms with van der Waals surface area (Å²) in [6.07, 6.45) is 0.948. The van der Waals surface area contributed by atoms with E-state index in [9.17, 15) is 9.59 Å². The Morgan fingerprint density at radius 1 is 1.24 bits per heavy atom. The van der Waals surface area contributed by atoms with E-state index in [4.69, 9.17) is 9.84 Å². The molecule has 0 amide bonds. The second-order valence-electron chi connectivity index (χ2n) is 3.08. The Morgan fingerprint density at radius 3 is 2.59 bits per heavy atom. The first-order valence-corrected chi connectivity index (χ1v) is 4.63.